The van der Waals surface area contributed by atoms with Gasteiger partial charge < -0.3 is 52.6 Å². The topological polar surface area (TPSA) is 263 Å². The number of hydrogen-bond acceptors (Lipinski definition) is 9. The van der Waals surface area contributed by atoms with Gasteiger partial charge in [-0.25, -0.2) is 0 Å². The first-order valence-electron chi connectivity index (χ1n) is 16.0. The SMILES string of the molecule is Cc1c(CC(N)C(=O)O)c2c([N+](=O)[O-])c(N)ccc2n1C.Cc1c(CC(N)C(=O)O)c2cc(N)ccc2n1C.Cc1cc2cc(N)ccc2n1C. The highest BCUT2D eigenvalue weighted by Gasteiger charge is 2.27. The Kier molecular flexibility index (Phi) is 11.0. The maximum Gasteiger partial charge on any atom is 0.320 e. The molecule has 0 bridgehead atoms. The molecule has 0 aliphatic heterocycles. The average molecular weight is 700 g/mol. The predicted molar refractivity (Wildman–Crippen MR) is 201 cm³/mol. The number of rotatable bonds is 7. The first-order valence-corrected chi connectivity index (χ1v) is 16.0. The predicted octanol–water partition coefficient (Wildman–Crippen LogP) is 4.02. The minimum Gasteiger partial charge on any atom is -0.480 e. The van der Waals surface area contributed by atoms with Gasteiger partial charge in [0, 0.05) is 84.2 Å². The molecular weight excluding hydrogens is 654 g/mol. The van der Waals surface area contributed by atoms with Gasteiger partial charge in [-0.1, -0.05) is 0 Å². The van der Waals surface area contributed by atoms with Crippen molar-refractivity contribution in [1.29, 1.82) is 0 Å². The molecule has 15 nitrogen and oxygen atoms in total. The Bertz CT molecular complexity index is 2300. The van der Waals surface area contributed by atoms with Crippen LogP contribution in [0.15, 0.2) is 54.6 Å². The number of nitrogens with two attached hydrogens (primary N) is 5. The van der Waals surface area contributed by atoms with E-state index in [9.17, 15) is 19.7 Å². The van der Waals surface area contributed by atoms with Crippen LogP contribution in [0.2, 0.25) is 0 Å². The summed E-state index contributed by atoms with van der Waals surface area (Å²) in [5.41, 5.74) is 37.1. The zero-order chi connectivity index (χ0) is 38.1. The summed E-state index contributed by atoms with van der Waals surface area (Å²) in [5.74, 6) is -2.15. The van der Waals surface area contributed by atoms with Gasteiger partial charge in [-0.15, -0.1) is 0 Å². The number of anilines is 3. The summed E-state index contributed by atoms with van der Waals surface area (Å²) in [4.78, 5) is 32.6. The monoisotopic (exact) mass is 699 g/mol. The van der Waals surface area contributed by atoms with Crippen molar-refractivity contribution >= 4 is 67.4 Å². The molecule has 270 valence electrons. The number of carboxylic acid groups (broad SMARTS) is 2. The van der Waals surface area contributed by atoms with Crippen LogP contribution in [0, 0.1) is 30.9 Å². The summed E-state index contributed by atoms with van der Waals surface area (Å²) in [6.45, 7) is 5.82. The molecule has 2 unspecified atom stereocenters. The Morgan fingerprint density at radius 1 is 0.725 bits per heavy atom. The largest absolute Gasteiger partial charge is 0.480 e. The molecule has 0 fully saturated rings. The van der Waals surface area contributed by atoms with E-state index < -0.39 is 28.9 Å². The fraction of sp³-hybridized carbons (Fsp3) is 0.278. The van der Waals surface area contributed by atoms with E-state index in [0.29, 0.717) is 28.6 Å². The van der Waals surface area contributed by atoms with Gasteiger partial charge in [0.2, 0.25) is 0 Å². The van der Waals surface area contributed by atoms with Crippen molar-refractivity contribution in [2.45, 2.75) is 45.7 Å². The van der Waals surface area contributed by atoms with E-state index in [2.05, 4.69) is 30.7 Å². The van der Waals surface area contributed by atoms with Crippen molar-refractivity contribution in [2.24, 2.45) is 32.6 Å². The van der Waals surface area contributed by atoms with E-state index in [1.165, 1.54) is 22.7 Å². The van der Waals surface area contributed by atoms with Crippen LogP contribution in [-0.4, -0.2) is 52.9 Å². The second kappa shape index (κ2) is 14.8. The molecule has 6 rings (SSSR count). The third-order valence-electron chi connectivity index (χ3n) is 9.41. The molecule has 3 aromatic carbocycles. The lowest BCUT2D eigenvalue weighted by molar-refractivity contribution is -0.382. The second-order valence-corrected chi connectivity index (χ2v) is 12.6. The van der Waals surface area contributed by atoms with E-state index in [1.807, 2.05) is 48.9 Å². The van der Waals surface area contributed by atoms with Crippen LogP contribution in [-0.2, 0) is 43.6 Å². The van der Waals surface area contributed by atoms with Gasteiger partial charge in [-0.3, -0.25) is 19.7 Å². The zero-order valence-electron chi connectivity index (χ0n) is 29.5. The number of aromatic nitrogens is 3. The van der Waals surface area contributed by atoms with Crippen LogP contribution < -0.4 is 28.7 Å². The lowest BCUT2D eigenvalue weighted by Gasteiger charge is -2.07. The van der Waals surface area contributed by atoms with Crippen LogP contribution in [0.5, 0.6) is 0 Å². The summed E-state index contributed by atoms with van der Waals surface area (Å²) >= 11 is 0. The van der Waals surface area contributed by atoms with Gasteiger partial charge in [0.05, 0.1) is 15.8 Å². The van der Waals surface area contributed by atoms with Crippen LogP contribution >= 0.6 is 0 Å². The summed E-state index contributed by atoms with van der Waals surface area (Å²) in [6, 6.07) is 14.9. The average Bonchev–Trinajstić information content (AvgIpc) is 3.57. The lowest BCUT2D eigenvalue weighted by Crippen LogP contribution is -2.32. The van der Waals surface area contributed by atoms with E-state index in [1.54, 1.807) is 24.6 Å². The fourth-order valence-corrected chi connectivity index (χ4v) is 6.23. The van der Waals surface area contributed by atoms with Crippen molar-refractivity contribution < 1.29 is 24.7 Å². The Hall–Kier alpha value is -6.06. The van der Waals surface area contributed by atoms with Gasteiger partial charge in [0.25, 0.3) is 0 Å². The molecule has 2 atom stereocenters. The summed E-state index contributed by atoms with van der Waals surface area (Å²) < 4.78 is 5.96. The lowest BCUT2D eigenvalue weighted by atomic mass is 10.0. The molecule has 0 amide bonds. The molecule has 0 saturated heterocycles. The fourth-order valence-electron chi connectivity index (χ4n) is 6.23. The number of nitrogens with zero attached hydrogens (tertiary/aromatic N) is 4. The number of carbonyl (C=O) groups is 2. The van der Waals surface area contributed by atoms with Gasteiger partial charge in [0.1, 0.15) is 17.8 Å². The molecule has 3 heterocycles. The van der Waals surface area contributed by atoms with E-state index in [0.717, 1.165) is 33.5 Å². The Balaban J connectivity index is 0.000000177. The second-order valence-electron chi connectivity index (χ2n) is 12.6. The number of hydrogen-bond donors (Lipinski definition) is 7. The number of aryl methyl sites for hydroxylation is 4. The molecule has 3 aromatic heterocycles. The molecule has 0 aliphatic carbocycles. The molecule has 0 saturated carbocycles. The number of carboxylic acids is 2. The highest BCUT2D eigenvalue weighted by Crippen LogP contribution is 2.37. The van der Waals surface area contributed by atoms with Gasteiger partial charge in [0.15, 0.2) is 0 Å². The van der Waals surface area contributed by atoms with Crippen molar-refractivity contribution in [3.63, 3.8) is 0 Å². The first-order chi connectivity index (χ1) is 23.8. The third-order valence-corrected chi connectivity index (χ3v) is 9.41. The van der Waals surface area contributed by atoms with Crippen LogP contribution in [0.25, 0.3) is 32.7 Å². The third kappa shape index (κ3) is 7.59. The van der Waals surface area contributed by atoms with Crippen molar-refractivity contribution in [2.75, 3.05) is 17.2 Å². The maximum absolute atomic E-state index is 11.3. The van der Waals surface area contributed by atoms with E-state index in [-0.39, 0.29) is 17.8 Å². The van der Waals surface area contributed by atoms with Gasteiger partial charge in [-0.05, 0) is 86.5 Å². The number of fused-ring (bicyclic) bond motifs is 3. The summed E-state index contributed by atoms with van der Waals surface area (Å²) in [7, 11) is 5.77. The number of nitro benzene ring substituents is 1. The molecule has 0 radical (unpaired) electrons. The van der Waals surface area contributed by atoms with Crippen LogP contribution in [0.3, 0.4) is 0 Å². The molecule has 0 aliphatic rings. The summed E-state index contributed by atoms with van der Waals surface area (Å²) in [6.07, 6.45) is 0.310. The quantitative estimate of drug-likeness (QED) is 0.0710. The Morgan fingerprint density at radius 2 is 1.22 bits per heavy atom. The number of nitrogen functional groups attached to an aromatic ring is 3. The highest BCUT2D eigenvalue weighted by molar-refractivity contribution is 5.98. The first kappa shape index (κ1) is 37.8. The van der Waals surface area contributed by atoms with E-state index >= 15 is 0 Å². The molecule has 51 heavy (non-hydrogen) atoms. The molecule has 0 spiro atoms. The highest BCUT2D eigenvalue weighted by atomic mass is 16.6. The number of aliphatic carboxylic acids is 2. The zero-order valence-corrected chi connectivity index (χ0v) is 29.5. The number of benzene rings is 3. The maximum atomic E-state index is 11.3. The van der Waals surface area contributed by atoms with Gasteiger partial charge in [-0.2, -0.15) is 0 Å². The Morgan fingerprint density at radius 3 is 1.78 bits per heavy atom. The van der Waals surface area contributed by atoms with Gasteiger partial charge >= 0.3 is 17.6 Å². The smallest absolute Gasteiger partial charge is 0.320 e. The van der Waals surface area contributed by atoms with Crippen molar-refractivity contribution in [3.05, 3.63) is 92.9 Å². The minimum absolute atomic E-state index is 0.00278. The molecular formula is C36H45N9O6. The van der Waals surface area contributed by atoms with Crippen LogP contribution in [0.1, 0.15) is 28.2 Å². The molecule has 6 aromatic rings. The number of nitro groups is 1. The standard InChI is InChI=1S/C13H16N4O4.C13H17N3O2.C10H12N2/c1-6-7(5-9(15)13(18)19)11-10(16(6)2)4-3-8(14)12(11)17(20)21;1-7-9(6-11(15)13(17)18)10-5-8(14)3-4-12(10)16(7)2;1-7-5-8-6-9(11)3-4-10(8)12(7)2/h3-4,9H,5,14-15H2,1-2H3,(H,18,19);3-5,11H,6,14-15H2,1-2H3,(H,17,18);3-6H,11H2,1-2H3. The molecule has 12 N–H and O–H groups in total. The Labute approximate surface area is 294 Å². The molecule has 15 heteroatoms. The van der Waals surface area contributed by atoms with Crippen LogP contribution in [0.4, 0.5) is 22.7 Å². The normalized spacial score (nSPS) is 12.2. The summed E-state index contributed by atoms with van der Waals surface area (Å²) in [5, 5.41) is 31.7. The van der Waals surface area contributed by atoms with E-state index in [4.69, 9.17) is 38.9 Å². The minimum atomic E-state index is -1.15. The van der Waals surface area contributed by atoms with Crippen molar-refractivity contribution in [3.8, 4) is 0 Å². The van der Waals surface area contributed by atoms with Crippen molar-refractivity contribution in [1.82, 2.24) is 13.7 Å².